The molecule has 4 atom stereocenters. The van der Waals surface area contributed by atoms with Gasteiger partial charge >= 0.3 is 0 Å². The van der Waals surface area contributed by atoms with E-state index in [1.165, 1.54) is 5.56 Å². The number of carbonyl (C=O) groups is 1. The zero-order valence-corrected chi connectivity index (χ0v) is 12.8. The van der Waals surface area contributed by atoms with Gasteiger partial charge in [0, 0.05) is 18.6 Å². The SMILES string of the molecule is Cc1ccc(C)c(CC(=O)NC2C(N)C3CCCOC32)c1. The van der Waals surface area contributed by atoms with Crippen molar-refractivity contribution in [2.45, 2.75) is 51.3 Å². The average Bonchev–Trinajstić information content (AvgIpc) is 2.48. The van der Waals surface area contributed by atoms with Gasteiger partial charge in [-0.2, -0.15) is 0 Å². The minimum atomic E-state index is -0.0204. The number of nitrogens with one attached hydrogen (secondary N) is 1. The largest absolute Gasteiger partial charge is 0.376 e. The molecule has 1 aromatic rings. The predicted molar refractivity (Wildman–Crippen MR) is 82.0 cm³/mol. The van der Waals surface area contributed by atoms with E-state index in [1.54, 1.807) is 0 Å². The van der Waals surface area contributed by atoms with E-state index in [-0.39, 0.29) is 24.1 Å². The number of nitrogens with two attached hydrogens (primary N) is 1. The van der Waals surface area contributed by atoms with Crippen molar-refractivity contribution < 1.29 is 9.53 Å². The maximum absolute atomic E-state index is 12.3. The van der Waals surface area contributed by atoms with Crippen LogP contribution in [0.25, 0.3) is 0 Å². The highest BCUT2D eigenvalue weighted by Crippen LogP contribution is 2.36. The third-order valence-corrected chi connectivity index (χ3v) is 4.86. The third-order valence-electron chi connectivity index (χ3n) is 4.86. The van der Waals surface area contributed by atoms with E-state index < -0.39 is 0 Å². The summed E-state index contributed by atoms with van der Waals surface area (Å²) in [6, 6.07) is 6.23. The van der Waals surface area contributed by atoms with Crippen LogP contribution in [0.4, 0.5) is 0 Å². The Morgan fingerprint density at radius 1 is 1.43 bits per heavy atom. The van der Waals surface area contributed by atoms with Crippen molar-refractivity contribution >= 4 is 5.91 Å². The molecule has 4 nitrogen and oxygen atoms in total. The number of hydrogen-bond donors (Lipinski definition) is 2. The lowest BCUT2D eigenvalue weighted by atomic mass is 9.68. The van der Waals surface area contributed by atoms with Crippen LogP contribution in [-0.4, -0.2) is 30.7 Å². The smallest absolute Gasteiger partial charge is 0.224 e. The lowest BCUT2D eigenvalue weighted by Gasteiger charge is -2.52. The normalized spacial score (nSPS) is 31.2. The molecule has 0 radical (unpaired) electrons. The number of carbonyl (C=O) groups excluding carboxylic acids is 1. The summed E-state index contributed by atoms with van der Waals surface area (Å²) in [6.45, 7) is 4.87. The van der Waals surface area contributed by atoms with Crippen LogP contribution in [-0.2, 0) is 16.0 Å². The number of ether oxygens (including phenoxy) is 1. The molecular weight excluding hydrogens is 264 g/mol. The van der Waals surface area contributed by atoms with Crippen molar-refractivity contribution in [1.82, 2.24) is 5.32 Å². The lowest BCUT2D eigenvalue weighted by molar-refractivity contribution is -0.138. The van der Waals surface area contributed by atoms with Crippen LogP contribution in [0.3, 0.4) is 0 Å². The fourth-order valence-electron chi connectivity index (χ4n) is 3.53. The number of hydrogen-bond acceptors (Lipinski definition) is 3. The summed E-state index contributed by atoms with van der Waals surface area (Å²) in [7, 11) is 0. The first kappa shape index (κ1) is 14.5. The number of fused-ring (bicyclic) bond motifs is 1. The lowest BCUT2D eigenvalue weighted by Crippen LogP contribution is -2.72. The van der Waals surface area contributed by atoms with Gasteiger partial charge in [0.05, 0.1) is 18.6 Å². The van der Waals surface area contributed by atoms with Gasteiger partial charge in [0.15, 0.2) is 0 Å². The number of rotatable bonds is 3. The molecule has 1 aliphatic carbocycles. The Kier molecular flexibility index (Phi) is 4.00. The molecule has 1 heterocycles. The van der Waals surface area contributed by atoms with Crippen LogP contribution in [0.5, 0.6) is 0 Å². The Balaban J connectivity index is 1.60. The first-order valence-corrected chi connectivity index (χ1v) is 7.79. The van der Waals surface area contributed by atoms with E-state index in [0.717, 1.165) is 30.6 Å². The van der Waals surface area contributed by atoms with Crippen LogP contribution in [0, 0.1) is 19.8 Å². The van der Waals surface area contributed by atoms with Gasteiger partial charge in [0.2, 0.25) is 5.91 Å². The summed E-state index contributed by atoms with van der Waals surface area (Å²) in [6.07, 6.45) is 2.73. The molecule has 1 aliphatic heterocycles. The monoisotopic (exact) mass is 288 g/mol. The van der Waals surface area contributed by atoms with Crippen LogP contribution < -0.4 is 11.1 Å². The fourth-order valence-corrected chi connectivity index (χ4v) is 3.53. The van der Waals surface area contributed by atoms with Crippen molar-refractivity contribution in [3.05, 3.63) is 34.9 Å². The molecule has 21 heavy (non-hydrogen) atoms. The van der Waals surface area contributed by atoms with Crippen molar-refractivity contribution in [2.24, 2.45) is 11.7 Å². The molecule has 0 aromatic heterocycles. The molecule has 0 bridgehead atoms. The Morgan fingerprint density at radius 3 is 3.05 bits per heavy atom. The van der Waals surface area contributed by atoms with E-state index in [1.807, 2.05) is 13.8 Å². The molecule has 1 saturated carbocycles. The Labute approximate surface area is 126 Å². The zero-order valence-electron chi connectivity index (χ0n) is 12.8. The first-order valence-electron chi connectivity index (χ1n) is 7.79. The van der Waals surface area contributed by atoms with Crippen molar-refractivity contribution in [2.75, 3.05) is 6.61 Å². The van der Waals surface area contributed by atoms with E-state index in [4.69, 9.17) is 10.5 Å². The quantitative estimate of drug-likeness (QED) is 0.885. The molecule has 4 heteroatoms. The molecule has 1 aromatic carbocycles. The highest BCUT2D eigenvalue weighted by Gasteiger charge is 2.50. The Hall–Kier alpha value is -1.39. The second-order valence-electron chi connectivity index (χ2n) is 6.42. The fraction of sp³-hybridized carbons (Fsp3) is 0.588. The minimum Gasteiger partial charge on any atom is -0.376 e. The topological polar surface area (TPSA) is 64.4 Å². The number of aryl methyl sites for hydroxylation is 2. The summed E-state index contributed by atoms with van der Waals surface area (Å²) in [5, 5.41) is 3.07. The highest BCUT2D eigenvalue weighted by molar-refractivity contribution is 5.79. The van der Waals surface area contributed by atoms with Crippen LogP contribution in [0.15, 0.2) is 18.2 Å². The van der Waals surface area contributed by atoms with Gasteiger partial charge < -0.3 is 15.8 Å². The highest BCUT2D eigenvalue weighted by atomic mass is 16.5. The molecule has 2 fully saturated rings. The number of benzene rings is 1. The summed E-state index contributed by atoms with van der Waals surface area (Å²) < 4.78 is 5.76. The maximum Gasteiger partial charge on any atom is 0.224 e. The predicted octanol–water partition coefficient (Wildman–Crippen LogP) is 1.47. The van der Waals surface area contributed by atoms with Crippen LogP contribution in [0.2, 0.25) is 0 Å². The van der Waals surface area contributed by atoms with E-state index in [0.29, 0.717) is 12.3 Å². The standard InChI is InChI=1S/C17H24N2O2/c1-10-5-6-11(2)12(8-10)9-14(20)19-16-15(18)13-4-3-7-21-17(13)16/h5-6,8,13,15-17H,3-4,7,9,18H2,1-2H3,(H,19,20). The zero-order chi connectivity index (χ0) is 15.0. The van der Waals surface area contributed by atoms with Crippen LogP contribution >= 0.6 is 0 Å². The second-order valence-corrected chi connectivity index (χ2v) is 6.42. The second kappa shape index (κ2) is 5.78. The molecule has 3 N–H and O–H groups in total. The molecule has 114 valence electrons. The molecule has 3 rings (SSSR count). The van der Waals surface area contributed by atoms with Gasteiger partial charge in [-0.15, -0.1) is 0 Å². The summed E-state index contributed by atoms with van der Waals surface area (Å²) in [5.41, 5.74) is 9.60. The first-order chi connectivity index (χ1) is 10.1. The summed E-state index contributed by atoms with van der Waals surface area (Å²) in [5.74, 6) is 0.460. The van der Waals surface area contributed by atoms with Gasteiger partial charge in [-0.1, -0.05) is 23.8 Å². The minimum absolute atomic E-state index is 0.0204. The van der Waals surface area contributed by atoms with Gasteiger partial charge in [-0.3, -0.25) is 4.79 Å². The summed E-state index contributed by atoms with van der Waals surface area (Å²) >= 11 is 0. The van der Waals surface area contributed by atoms with Crippen molar-refractivity contribution in [1.29, 1.82) is 0 Å². The van der Waals surface area contributed by atoms with Gasteiger partial charge in [0.25, 0.3) is 0 Å². The maximum atomic E-state index is 12.3. The molecular formula is C17H24N2O2. The molecule has 0 spiro atoms. The third kappa shape index (κ3) is 2.83. The average molecular weight is 288 g/mol. The molecule has 1 amide bonds. The van der Waals surface area contributed by atoms with Gasteiger partial charge in [-0.05, 0) is 37.8 Å². The van der Waals surface area contributed by atoms with Crippen molar-refractivity contribution in [3.63, 3.8) is 0 Å². The molecule has 2 aliphatic rings. The summed E-state index contributed by atoms with van der Waals surface area (Å²) in [4.78, 5) is 12.3. The van der Waals surface area contributed by atoms with E-state index in [9.17, 15) is 4.79 Å². The van der Waals surface area contributed by atoms with Gasteiger partial charge in [0.1, 0.15) is 0 Å². The van der Waals surface area contributed by atoms with Gasteiger partial charge in [-0.25, -0.2) is 0 Å². The Morgan fingerprint density at radius 2 is 2.24 bits per heavy atom. The van der Waals surface area contributed by atoms with E-state index >= 15 is 0 Å². The van der Waals surface area contributed by atoms with E-state index in [2.05, 4.69) is 23.5 Å². The van der Waals surface area contributed by atoms with Crippen LogP contribution in [0.1, 0.15) is 29.5 Å². The van der Waals surface area contributed by atoms with Crippen molar-refractivity contribution in [3.8, 4) is 0 Å². The number of amides is 1. The molecule has 4 unspecified atom stereocenters. The molecule has 1 saturated heterocycles. The Bertz CT molecular complexity index is 544.